The molecule has 1 aliphatic heterocycles. The van der Waals surface area contributed by atoms with E-state index in [2.05, 4.69) is 16.3 Å². The Morgan fingerprint density at radius 2 is 1.92 bits per heavy atom. The van der Waals surface area contributed by atoms with E-state index in [0.717, 1.165) is 24.4 Å². The van der Waals surface area contributed by atoms with Crippen molar-refractivity contribution in [3.8, 4) is 5.75 Å². The Balaban J connectivity index is 2.15. The molecule has 0 saturated carbocycles. The summed E-state index contributed by atoms with van der Waals surface area (Å²) in [7, 11) is 1.69. The number of benzene rings is 1. The third-order valence-corrected chi connectivity index (χ3v) is 4.82. The topological polar surface area (TPSA) is 67.6 Å². The SMILES string of the molecule is COc1ccccc1C(CNC(=O)[C@@H](N)C(C)C)N1CCCCC1. The quantitative estimate of drug-likeness (QED) is 0.803. The highest BCUT2D eigenvalue weighted by Gasteiger charge is 2.26. The molecule has 134 valence electrons. The first kappa shape index (κ1) is 18.7. The summed E-state index contributed by atoms with van der Waals surface area (Å²) in [6.07, 6.45) is 3.68. The van der Waals surface area contributed by atoms with Gasteiger partial charge in [0.05, 0.1) is 19.2 Å². The number of nitrogens with two attached hydrogens (primary N) is 1. The second-order valence-electron chi connectivity index (χ2n) is 6.87. The molecular formula is C19H31N3O2. The Labute approximate surface area is 145 Å². The number of carbonyl (C=O) groups excluding carboxylic acids is 1. The summed E-state index contributed by atoms with van der Waals surface area (Å²) in [4.78, 5) is 14.7. The standard InChI is InChI=1S/C19H31N3O2/c1-14(2)18(20)19(23)21-13-16(22-11-7-4-8-12-22)15-9-5-6-10-17(15)24-3/h5-6,9-10,14,16,18H,4,7-8,11-13,20H2,1-3H3,(H,21,23)/t16?,18-/m0/s1. The molecule has 24 heavy (non-hydrogen) atoms. The number of rotatable bonds is 7. The number of piperidine rings is 1. The van der Waals surface area contributed by atoms with E-state index < -0.39 is 6.04 Å². The lowest BCUT2D eigenvalue weighted by Crippen LogP contribution is -2.47. The van der Waals surface area contributed by atoms with Gasteiger partial charge in [0.15, 0.2) is 0 Å². The lowest BCUT2D eigenvalue weighted by molar-refractivity contribution is -0.123. The average molecular weight is 333 g/mol. The number of amides is 1. The maximum atomic E-state index is 12.3. The van der Waals surface area contributed by atoms with Crippen LogP contribution in [0.3, 0.4) is 0 Å². The normalized spacial score (nSPS) is 18.2. The zero-order valence-corrected chi connectivity index (χ0v) is 15.1. The Hall–Kier alpha value is -1.59. The Morgan fingerprint density at radius 3 is 2.54 bits per heavy atom. The summed E-state index contributed by atoms with van der Waals surface area (Å²) < 4.78 is 5.55. The number of para-hydroxylation sites is 1. The maximum absolute atomic E-state index is 12.3. The van der Waals surface area contributed by atoms with Crippen LogP contribution in [0.15, 0.2) is 24.3 Å². The van der Waals surface area contributed by atoms with Crippen molar-refractivity contribution in [2.45, 2.75) is 45.2 Å². The highest BCUT2D eigenvalue weighted by atomic mass is 16.5. The van der Waals surface area contributed by atoms with Crippen LogP contribution in [0.1, 0.15) is 44.7 Å². The number of ether oxygens (including phenoxy) is 1. The van der Waals surface area contributed by atoms with E-state index in [-0.39, 0.29) is 17.9 Å². The number of carbonyl (C=O) groups is 1. The molecule has 1 fully saturated rings. The van der Waals surface area contributed by atoms with E-state index in [0.29, 0.717) is 6.54 Å². The fourth-order valence-electron chi connectivity index (χ4n) is 3.23. The molecular weight excluding hydrogens is 302 g/mol. The Morgan fingerprint density at radius 1 is 1.25 bits per heavy atom. The largest absolute Gasteiger partial charge is 0.496 e. The second kappa shape index (κ2) is 9.04. The number of nitrogens with zero attached hydrogens (tertiary/aromatic N) is 1. The van der Waals surface area contributed by atoms with Crippen LogP contribution in [0.4, 0.5) is 0 Å². The van der Waals surface area contributed by atoms with Crippen molar-refractivity contribution in [3.63, 3.8) is 0 Å². The molecule has 1 aliphatic rings. The van der Waals surface area contributed by atoms with Crippen molar-refractivity contribution in [2.24, 2.45) is 11.7 Å². The molecule has 0 bridgehead atoms. The van der Waals surface area contributed by atoms with Crippen LogP contribution < -0.4 is 15.8 Å². The minimum atomic E-state index is -0.468. The minimum absolute atomic E-state index is 0.0816. The Bertz CT molecular complexity index is 527. The molecule has 1 aromatic carbocycles. The van der Waals surface area contributed by atoms with Crippen molar-refractivity contribution in [1.82, 2.24) is 10.2 Å². The molecule has 0 aromatic heterocycles. The second-order valence-corrected chi connectivity index (χ2v) is 6.87. The molecule has 1 amide bonds. The molecule has 1 heterocycles. The van der Waals surface area contributed by atoms with E-state index in [1.165, 1.54) is 19.3 Å². The number of methoxy groups -OCH3 is 1. The van der Waals surface area contributed by atoms with Crippen LogP contribution >= 0.6 is 0 Å². The minimum Gasteiger partial charge on any atom is -0.496 e. The van der Waals surface area contributed by atoms with Gasteiger partial charge < -0.3 is 15.8 Å². The van der Waals surface area contributed by atoms with Crippen LogP contribution in [-0.4, -0.2) is 43.6 Å². The summed E-state index contributed by atoms with van der Waals surface area (Å²) in [6, 6.07) is 7.72. The number of likely N-dealkylation sites (tertiary alicyclic amines) is 1. The molecule has 1 aromatic rings. The first-order chi connectivity index (χ1) is 11.5. The van der Waals surface area contributed by atoms with Gasteiger partial charge in [-0.2, -0.15) is 0 Å². The summed E-state index contributed by atoms with van der Waals surface area (Å²) in [5.74, 6) is 0.919. The van der Waals surface area contributed by atoms with Gasteiger partial charge in [0.2, 0.25) is 5.91 Å². The first-order valence-corrected chi connectivity index (χ1v) is 8.95. The van der Waals surface area contributed by atoms with Crippen molar-refractivity contribution in [3.05, 3.63) is 29.8 Å². The molecule has 2 rings (SSSR count). The number of hydrogen-bond donors (Lipinski definition) is 2. The highest BCUT2D eigenvalue weighted by Crippen LogP contribution is 2.30. The predicted octanol–water partition coefficient (Wildman–Crippen LogP) is 2.32. The van der Waals surface area contributed by atoms with Crippen molar-refractivity contribution < 1.29 is 9.53 Å². The lowest BCUT2D eigenvalue weighted by Gasteiger charge is -2.35. The van der Waals surface area contributed by atoms with E-state index in [9.17, 15) is 4.79 Å². The van der Waals surface area contributed by atoms with Crippen LogP contribution in [0, 0.1) is 5.92 Å². The van der Waals surface area contributed by atoms with Gasteiger partial charge in [0.25, 0.3) is 0 Å². The lowest BCUT2D eigenvalue weighted by atomic mass is 10.00. The molecule has 0 radical (unpaired) electrons. The van der Waals surface area contributed by atoms with E-state index in [1.807, 2.05) is 32.0 Å². The van der Waals surface area contributed by atoms with Crippen LogP contribution in [0.2, 0.25) is 0 Å². The van der Waals surface area contributed by atoms with E-state index >= 15 is 0 Å². The maximum Gasteiger partial charge on any atom is 0.237 e. The zero-order chi connectivity index (χ0) is 17.5. The van der Waals surface area contributed by atoms with Gasteiger partial charge in [-0.15, -0.1) is 0 Å². The molecule has 5 heteroatoms. The highest BCUT2D eigenvalue weighted by molar-refractivity contribution is 5.81. The van der Waals surface area contributed by atoms with Gasteiger partial charge in [-0.1, -0.05) is 38.5 Å². The van der Waals surface area contributed by atoms with Gasteiger partial charge in [-0.25, -0.2) is 0 Å². The van der Waals surface area contributed by atoms with E-state index in [4.69, 9.17) is 10.5 Å². The molecule has 1 saturated heterocycles. The summed E-state index contributed by atoms with van der Waals surface area (Å²) >= 11 is 0. The molecule has 0 spiro atoms. The van der Waals surface area contributed by atoms with Gasteiger partial charge in [0.1, 0.15) is 5.75 Å². The first-order valence-electron chi connectivity index (χ1n) is 8.95. The average Bonchev–Trinajstić information content (AvgIpc) is 2.62. The summed E-state index contributed by atoms with van der Waals surface area (Å²) in [5, 5.41) is 3.05. The predicted molar refractivity (Wildman–Crippen MR) is 97.0 cm³/mol. The Kier molecular flexibility index (Phi) is 7.06. The van der Waals surface area contributed by atoms with Crippen molar-refractivity contribution in [2.75, 3.05) is 26.7 Å². The monoisotopic (exact) mass is 333 g/mol. The van der Waals surface area contributed by atoms with Crippen molar-refractivity contribution in [1.29, 1.82) is 0 Å². The van der Waals surface area contributed by atoms with Crippen LogP contribution in [-0.2, 0) is 4.79 Å². The number of hydrogen-bond acceptors (Lipinski definition) is 4. The third-order valence-electron chi connectivity index (χ3n) is 4.82. The molecule has 1 unspecified atom stereocenters. The smallest absolute Gasteiger partial charge is 0.237 e. The third kappa shape index (κ3) is 4.71. The molecule has 5 nitrogen and oxygen atoms in total. The van der Waals surface area contributed by atoms with Crippen LogP contribution in [0.5, 0.6) is 5.75 Å². The summed E-state index contributed by atoms with van der Waals surface area (Å²) in [6.45, 7) is 6.59. The van der Waals surface area contributed by atoms with E-state index in [1.54, 1.807) is 7.11 Å². The molecule has 3 N–H and O–H groups in total. The molecule has 0 aliphatic carbocycles. The van der Waals surface area contributed by atoms with Gasteiger partial charge in [0, 0.05) is 12.1 Å². The summed E-state index contributed by atoms with van der Waals surface area (Å²) in [5.41, 5.74) is 7.09. The zero-order valence-electron chi connectivity index (χ0n) is 15.1. The molecule has 2 atom stereocenters. The van der Waals surface area contributed by atoms with Gasteiger partial charge >= 0.3 is 0 Å². The fraction of sp³-hybridized carbons (Fsp3) is 0.632. The van der Waals surface area contributed by atoms with Crippen LogP contribution in [0.25, 0.3) is 0 Å². The van der Waals surface area contributed by atoms with Crippen molar-refractivity contribution >= 4 is 5.91 Å². The van der Waals surface area contributed by atoms with Gasteiger partial charge in [-0.05, 0) is 37.9 Å². The number of nitrogens with one attached hydrogen (secondary N) is 1. The fourth-order valence-corrected chi connectivity index (χ4v) is 3.23. The van der Waals surface area contributed by atoms with Gasteiger partial charge in [-0.3, -0.25) is 9.69 Å².